The van der Waals surface area contributed by atoms with Gasteiger partial charge in [-0.05, 0) is 91.5 Å². The fourth-order valence-electron chi connectivity index (χ4n) is 11.1. The van der Waals surface area contributed by atoms with Gasteiger partial charge >= 0.3 is 6.18 Å². The lowest BCUT2D eigenvalue weighted by atomic mass is 9.45. The van der Waals surface area contributed by atoms with Gasteiger partial charge in [-0.25, -0.2) is 9.07 Å². The first kappa shape index (κ1) is 39.4. The molecule has 2 saturated heterocycles. The van der Waals surface area contributed by atoms with Crippen molar-refractivity contribution < 1.29 is 56.8 Å². The van der Waals surface area contributed by atoms with Crippen LogP contribution in [0, 0.1) is 34.4 Å². The number of rotatable bonds is 7. The quantitative estimate of drug-likeness (QED) is 0.363. The van der Waals surface area contributed by atoms with Crippen LogP contribution < -0.4 is 10.0 Å². The minimum atomic E-state index is -5.19. The van der Waals surface area contributed by atoms with Gasteiger partial charge in [0.05, 0.1) is 42.9 Å². The number of alkyl halides is 3. The molecule has 4 aliphatic carbocycles. The van der Waals surface area contributed by atoms with Crippen molar-refractivity contribution in [2.75, 3.05) is 31.2 Å². The summed E-state index contributed by atoms with van der Waals surface area (Å²) in [5.41, 5.74) is 3.05. The number of aliphatic hydroxyl groups is 2. The highest BCUT2D eigenvalue weighted by Crippen LogP contribution is 2.70. The summed E-state index contributed by atoms with van der Waals surface area (Å²) < 4.78 is 61.5. The van der Waals surface area contributed by atoms with Crippen LogP contribution in [-0.2, 0) is 32.0 Å². The third kappa shape index (κ3) is 6.44. The third-order valence-electron chi connectivity index (χ3n) is 13.4. The van der Waals surface area contributed by atoms with Crippen LogP contribution in [0.15, 0.2) is 30.0 Å². The van der Waals surface area contributed by atoms with Crippen LogP contribution in [0.3, 0.4) is 0 Å². The zero-order valence-electron chi connectivity index (χ0n) is 30.8. The Morgan fingerprint density at radius 3 is 2.59 bits per heavy atom. The molecule has 1 aromatic heterocycles. The first-order valence-corrected chi connectivity index (χ1v) is 20.1. The summed E-state index contributed by atoms with van der Waals surface area (Å²) in [4.78, 5) is 23.8. The van der Waals surface area contributed by atoms with E-state index in [2.05, 4.69) is 26.8 Å². The van der Waals surface area contributed by atoms with E-state index < -0.39 is 48.3 Å². The van der Waals surface area contributed by atoms with Gasteiger partial charge in [0.15, 0.2) is 17.7 Å². The predicted molar refractivity (Wildman–Crippen MR) is 189 cm³/mol. The Balaban J connectivity index is 0.000000588. The van der Waals surface area contributed by atoms with Gasteiger partial charge in [0, 0.05) is 22.5 Å². The molecule has 0 bridgehead atoms. The van der Waals surface area contributed by atoms with E-state index in [1.807, 2.05) is 34.8 Å². The maximum atomic E-state index is 15.0. The minimum absolute atomic E-state index is 0.0201. The highest BCUT2D eigenvalue weighted by molar-refractivity contribution is 7.99. The summed E-state index contributed by atoms with van der Waals surface area (Å²) in [6.45, 7) is 8.71. The number of allylic oxidation sites excluding steroid dienone is 1. The van der Waals surface area contributed by atoms with Crippen LogP contribution in [0.4, 0.5) is 17.6 Å². The molecule has 9 atom stereocenters. The van der Waals surface area contributed by atoms with Crippen LogP contribution in [-0.4, -0.2) is 93.2 Å². The van der Waals surface area contributed by atoms with Gasteiger partial charge in [-0.1, -0.05) is 32.8 Å². The van der Waals surface area contributed by atoms with Crippen molar-refractivity contribution in [2.24, 2.45) is 28.6 Å². The highest BCUT2D eigenvalue weighted by atomic mass is 32.2. The number of thioether (sulfide) groups is 1. The van der Waals surface area contributed by atoms with Crippen LogP contribution in [0.25, 0.3) is 11.8 Å². The zero-order valence-corrected chi connectivity index (χ0v) is 31.6. The normalized spacial score (nSPS) is 35.8. The largest absolute Gasteiger partial charge is 0.542 e. The van der Waals surface area contributed by atoms with Gasteiger partial charge in [-0.3, -0.25) is 4.79 Å². The first-order chi connectivity index (χ1) is 25.6. The number of halogens is 4. The van der Waals surface area contributed by atoms with Crippen molar-refractivity contribution in [1.82, 2.24) is 9.78 Å². The van der Waals surface area contributed by atoms with Gasteiger partial charge in [0.2, 0.25) is 0 Å². The number of aliphatic carboxylic acids is 1. The maximum Gasteiger partial charge on any atom is 0.430 e. The Bertz CT molecular complexity index is 1800. The molecule has 1 aromatic carbocycles. The maximum absolute atomic E-state index is 15.0. The lowest BCUT2D eigenvalue weighted by molar-refractivity contribution is -0.910. The van der Waals surface area contributed by atoms with E-state index in [4.69, 9.17) is 24.5 Å². The molecule has 3 N–H and O–H groups in total. The van der Waals surface area contributed by atoms with Crippen molar-refractivity contribution in [3.8, 4) is 5.69 Å². The number of carboxylic acids is 1. The molecule has 0 spiro atoms. The summed E-state index contributed by atoms with van der Waals surface area (Å²) in [6, 6.07) is 5.39. The molecular formula is C39H49F4N3O7S. The van der Waals surface area contributed by atoms with Crippen LogP contribution in [0.2, 0.25) is 0 Å². The summed E-state index contributed by atoms with van der Waals surface area (Å²) in [6.07, 6.45) is 2.88. The fraction of sp³-hybridized carbons (Fsp3) is 0.667. The number of ketones is 1. The SMILES string of the molecule is CCC[C@@H]1O[C@@H]2C[C@H]3[C@@H]4CCC5=Cc6c(cnn6-c6ccc(F)c(C[NH+]7CCSCC7)c6)C[C@]5(C)[C@H]4[C@@H](O)C[C@]3(C)[C@]2(C(=O)CO)O1.O=C([O-])C(F)(F)F. The number of carbonyl (C=O) groups is 2. The molecule has 296 valence electrons. The number of quaternary nitrogens is 1. The van der Waals surface area contributed by atoms with Gasteiger partial charge in [-0.15, -0.1) is 0 Å². The van der Waals surface area contributed by atoms with E-state index in [9.17, 15) is 32.6 Å². The van der Waals surface area contributed by atoms with E-state index in [1.165, 1.54) is 10.5 Å². The fourth-order valence-corrected chi connectivity index (χ4v) is 12.2. The smallest absolute Gasteiger partial charge is 0.430 e. The summed E-state index contributed by atoms with van der Waals surface area (Å²) in [5, 5.41) is 35.9. The lowest BCUT2D eigenvalue weighted by Crippen LogP contribution is -3.12. The first-order valence-electron chi connectivity index (χ1n) is 19.0. The summed E-state index contributed by atoms with van der Waals surface area (Å²) in [5.74, 6) is -0.875. The van der Waals surface area contributed by atoms with E-state index in [-0.39, 0.29) is 34.8 Å². The number of benzene rings is 1. The Labute approximate surface area is 316 Å². The second-order valence-corrected chi connectivity index (χ2v) is 17.6. The number of hydrogen-bond donors (Lipinski definition) is 3. The van der Waals surface area contributed by atoms with Gasteiger partial charge in [0.1, 0.15) is 24.9 Å². The number of aliphatic hydroxyl groups excluding tert-OH is 2. The van der Waals surface area contributed by atoms with Crippen molar-refractivity contribution in [1.29, 1.82) is 0 Å². The predicted octanol–water partition coefficient (Wildman–Crippen LogP) is 3.05. The molecule has 3 heterocycles. The second kappa shape index (κ2) is 14.6. The van der Waals surface area contributed by atoms with E-state index in [0.717, 1.165) is 72.8 Å². The molecule has 0 unspecified atom stereocenters. The van der Waals surface area contributed by atoms with Crippen molar-refractivity contribution in [3.05, 3.63) is 52.6 Å². The highest BCUT2D eigenvalue weighted by Gasteiger charge is 2.75. The molecule has 0 amide bonds. The molecule has 10 nitrogen and oxygen atoms in total. The van der Waals surface area contributed by atoms with Crippen molar-refractivity contribution >= 4 is 29.6 Å². The Hall–Kier alpha value is -2.82. The number of hydrogen-bond acceptors (Lipinski definition) is 9. The Morgan fingerprint density at radius 2 is 1.93 bits per heavy atom. The molecular weight excluding hydrogens is 731 g/mol. The van der Waals surface area contributed by atoms with E-state index in [0.29, 0.717) is 25.8 Å². The van der Waals surface area contributed by atoms with E-state index in [1.54, 1.807) is 6.07 Å². The standard InChI is InChI=1S/C37H48FN3O5S.C2HF3O2/c1-4-5-33-45-32-16-27-26-8-6-24-15-29-23(17-35(24,2)34(26)30(43)18-36(27,3)37(32,46-33)31(44)21-42)19-39-41(29)25-7-9-28(38)22(14-25)20-40-10-12-47-13-11-40;3-2(4,5)1(6)7/h7,9,14-15,19,26-27,30,32-34,42-43H,4-6,8,10-13,16-18,20-21H2,1-3H3;(H,6,7)/t26-,27-,30-,32+,33+,34+,35-,36-,37+;/m0./s1. The number of nitrogens with zero attached hydrogens (tertiary/aromatic N) is 2. The number of ether oxygens (including phenoxy) is 2. The number of carboxylic acid groups (broad SMARTS) is 1. The minimum Gasteiger partial charge on any atom is -0.542 e. The number of nitrogens with one attached hydrogen (secondary N) is 1. The summed E-state index contributed by atoms with van der Waals surface area (Å²) >= 11 is 1.97. The molecule has 15 heteroatoms. The lowest BCUT2D eigenvalue weighted by Gasteiger charge is -2.60. The van der Waals surface area contributed by atoms with Crippen LogP contribution >= 0.6 is 11.8 Å². The molecule has 6 aliphatic rings. The third-order valence-corrected chi connectivity index (χ3v) is 14.4. The van der Waals surface area contributed by atoms with Crippen molar-refractivity contribution in [3.63, 3.8) is 0 Å². The molecule has 3 saturated carbocycles. The second-order valence-electron chi connectivity index (χ2n) is 16.4. The zero-order chi connectivity index (χ0) is 38.8. The molecule has 0 radical (unpaired) electrons. The van der Waals surface area contributed by atoms with Crippen molar-refractivity contribution in [2.45, 2.75) is 103 Å². The van der Waals surface area contributed by atoms with Crippen LogP contribution in [0.5, 0.6) is 0 Å². The average molecular weight is 780 g/mol. The van der Waals surface area contributed by atoms with E-state index >= 15 is 0 Å². The molecule has 2 aliphatic heterocycles. The molecule has 54 heavy (non-hydrogen) atoms. The topological polar surface area (TPSA) is 138 Å². The van der Waals surface area contributed by atoms with Gasteiger partial charge in [0.25, 0.3) is 0 Å². The monoisotopic (exact) mass is 779 g/mol. The van der Waals surface area contributed by atoms with Gasteiger partial charge < -0.3 is 34.5 Å². The molecule has 5 fully saturated rings. The number of Topliss-reactive ketones (excluding diaryl/α,β-unsaturated/α-hetero) is 1. The average Bonchev–Trinajstić information content (AvgIpc) is 3.77. The number of carbonyl (C=O) groups excluding carboxylic acids is 2. The Morgan fingerprint density at radius 1 is 1.20 bits per heavy atom. The Kier molecular flexibility index (Phi) is 10.7. The van der Waals surface area contributed by atoms with Gasteiger partial charge in [-0.2, -0.15) is 30.0 Å². The number of fused-ring (bicyclic) bond motifs is 8. The number of aromatic nitrogens is 2. The molecule has 8 rings (SSSR count). The summed E-state index contributed by atoms with van der Waals surface area (Å²) in [7, 11) is 0. The van der Waals surface area contributed by atoms with Crippen LogP contribution in [0.1, 0.15) is 76.1 Å². The molecule has 2 aromatic rings.